The second kappa shape index (κ2) is 4.32. The average molecular weight is 289 g/mol. The summed E-state index contributed by atoms with van der Waals surface area (Å²) in [5.41, 5.74) is -0.378. The largest absolute Gasteiger partial charge is 0.477 e. The van der Waals surface area contributed by atoms with Crippen molar-refractivity contribution in [1.82, 2.24) is 4.72 Å². The maximum atomic E-state index is 12.2. The van der Waals surface area contributed by atoms with E-state index in [1.807, 2.05) is 6.92 Å². The highest BCUT2D eigenvalue weighted by atomic mass is 32.2. The molecule has 1 heterocycles. The lowest BCUT2D eigenvalue weighted by atomic mass is 9.80. The number of hydrogen-bond acceptors (Lipinski definition) is 4. The van der Waals surface area contributed by atoms with E-state index in [0.29, 0.717) is 4.88 Å². The molecule has 0 bridgehead atoms. The molecular weight excluding hydrogens is 274 g/mol. The lowest BCUT2D eigenvalue weighted by Gasteiger charge is -2.38. The van der Waals surface area contributed by atoms with E-state index in [1.54, 1.807) is 6.92 Å². The first-order valence-corrected chi connectivity index (χ1v) is 7.91. The maximum Gasteiger partial charge on any atom is 0.345 e. The number of carboxylic acids is 1. The number of carboxylic acid groups (broad SMARTS) is 1. The number of aryl methyl sites for hydroxylation is 1. The van der Waals surface area contributed by atoms with Gasteiger partial charge in [0.25, 0.3) is 0 Å². The number of aromatic carboxylic acids is 1. The first-order chi connectivity index (χ1) is 8.23. The van der Waals surface area contributed by atoms with Crippen molar-refractivity contribution in [2.24, 2.45) is 0 Å². The van der Waals surface area contributed by atoms with Crippen molar-refractivity contribution in [3.63, 3.8) is 0 Å². The minimum atomic E-state index is -3.63. The molecule has 0 aromatic carbocycles. The van der Waals surface area contributed by atoms with E-state index in [2.05, 4.69) is 4.72 Å². The van der Waals surface area contributed by atoms with E-state index in [4.69, 9.17) is 5.11 Å². The normalized spacial score (nSPS) is 18.3. The first kappa shape index (κ1) is 13.5. The highest BCUT2D eigenvalue weighted by Gasteiger charge is 2.37. The molecule has 0 radical (unpaired) electrons. The van der Waals surface area contributed by atoms with Gasteiger partial charge in [-0.15, -0.1) is 11.3 Å². The van der Waals surface area contributed by atoms with Gasteiger partial charge >= 0.3 is 5.97 Å². The van der Waals surface area contributed by atoms with Crippen LogP contribution in [0.3, 0.4) is 0 Å². The molecule has 7 heteroatoms. The molecule has 0 saturated heterocycles. The fraction of sp³-hybridized carbons (Fsp3) is 0.545. The molecule has 0 spiro atoms. The second-order valence-electron chi connectivity index (χ2n) is 4.86. The van der Waals surface area contributed by atoms with Crippen LogP contribution in [0.2, 0.25) is 0 Å². The third-order valence-corrected chi connectivity index (χ3v) is 6.14. The minimum Gasteiger partial charge on any atom is -0.477 e. The molecule has 0 aliphatic heterocycles. The summed E-state index contributed by atoms with van der Waals surface area (Å²) >= 11 is 0.982. The van der Waals surface area contributed by atoms with Gasteiger partial charge in [-0.3, -0.25) is 0 Å². The van der Waals surface area contributed by atoms with Crippen LogP contribution in [0.5, 0.6) is 0 Å². The summed E-state index contributed by atoms with van der Waals surface area (Å²) in [6, 6.07) is 1.23. The standard InChI is InChI=1S/C11H15NO4S2/c1-7-9(6-8(17-7)10(13)14)18(15,16)12-11(2)4-3-5-11/h6,12H,3-5H2,1-2H3,(H,13,14). The zero-order valence-corrected chi connectivity index (χ0v) is 11.8. The Balaban J connectivity index is 2.32. The molecule has 18 heavy (non-hydrogen) atoms. The number of sulfonamides is 1. The van der Waals surface area contributed by atoms with Crippen LogP contribution in [0, 0.1) is 6.92 Å². The molecule has 0 amide bonds. The Labute approximate surface area is 110 Å². The highest BCUT2D eigenvalue weighted by molar-refractivity contribution is 7.89. The Morgan fingerprint density at radius 2 is 2.11 bits per heavy atom. The van der Waals surface area contributed by atoms with Gasteiger partial charge in [0.1, 0.15) is 4.88 Å². The summed E-state index contributed by atoms with van der Waals surface area (Å²) < 4.78 is 27.1. The number of rotatable bonds is 4. The Kier molecular flexibility index (Phi) is 3.25. The van der Waals surface area contributed by atoms with Gasteiger partial charge in [0.15, 0.2) is 0 Å². The molecule has 1 aliphatic carbocycles. The Hall–Kier alpha value is -0.920. The van der Waals surface area contributed by atoms with Crippen LogP contribution < -0.4 is 4.72 Å². The summed E-state index contributed by atoms with van der Waals surface area (Å²) in [6.07, 6.45) is 2.66. The molecule has 1 aliphatic rings. The second-order valence-corrected chi connectivity index (χ2v) is 7.76. The molecule has 1 aromatic heterocycles. The van der Waals surface area contributed by atoms with E-state index in [-0.39, 0.29) is 15.3 Å². The van der Waals surface area contributed by atoms with Crippen molar-refractivity contribution in [3.05, 3.63) is 15.8 Å². The van der Waals surface area contributed by atoms with E-state index in [0.717, 1.165) is 30.6 Å². The van der Waals surface area contributed by atoms with Crippen molar-refractivity contribution in [3.8, 4) is 0 Å². The molecule has 1 saturated carbocycles. The van der Waals surface area contributed by atoms with Gasteiger partial charge in [0, 0.05) is 10.4 Å². The summed E-state index contributed by atoms with van der Waals surface area (Å²) in [6.45, 7) is 3.49. The lowest BCUT2D eigenvalue weighted by molar-refractivity contribution is 0.0702. The summed E-state index contributed by atoms with van der Waals surface area (Å²) in [5.74, 6) is -1.10. The molecule has 2 rings (SSSR count). The molecule has 2 N–H and O–H groups in total. The number of thiophene rings is 1. The van der Waals surface area contributed by atoms with Crippen molar-refractivity contribution in [2.75, 3.05) is 0 Å². The Morgan fingerprint density at radius 1 is 1.50 bits per heavy atom. The fourth-order valence-electron chi connectivity index (χ4n) is 2.03. The first-order valence-electron chi connectivity index (χ1n) is 5.61. The van der Waals surface area contributed by atoms with E-state index >= 15 is 0 Å². The topological polar surface area (TPSA) is 83.5 Å². The maximum absolute atomic E-state index is 12.2. The number of nitrogens with one attached hydrogen (secondary N) is 1. The van der Waals surface area contributed by atoms with Crippen molar-refractivity contribution in [1.29, 1.82) is 0 Å². The summed E-state index contributed by atoms with van der Waals surface area (Å²) in [4.78, 5) is 11.5. The van der Waals surface area contributed by atoms with Crippen molar-refractivity contribution < 1.29 is 18.3 Å². The van der Waals surface area contributed by atoms with Gasteiger partial charge in [-0.25, -0.2) is 17.9 Å². The quantitative estimate of drug-likeness (QED) is 0.887. The van der Waals surface area contributed by atoms with Crippen LogP contribution in [0.1, 0.15) is 40.7 Å². The van der Waals surface area contributed by atoms with Gasteiger partial charge in [-0.1, -0.05) is 0 Å². The molecule has 100 valence electrons. The molecule has 5 nitrogen and oxygen atoms in total. The number of carbonyl (C=O) groups is 1. The van der Waals surface area contributed by atoms with Crippen LogP contribution in [-0.4, -0.2) is 25.0 Å². The molecule has 1 fully saturated rings. The van der Waals surface area contributed by atoms with Gasteiger partial charge in [-0.2, -0.15) is 0 Å². The zero-order valence-electron chi connectivity index (χ0n) is 10.2. The lowest BCUT2D eigenvalue weighted by Crippen LogP contribution is -2.50. The molecule has 0 atom stereocenters. The Morgan fingerprint density at radius 3 is 2.50 bits per heavy atom. The predicted octanol–water partition coefficient (Wildman–Crippen LogP) is 1.98. The third-order valence-electron chi connectivity index (χ3n) is 3.21. The van der Waals surface area contributed by atoms with E-state index in [1.165, 1.54) is 6.07 Å². The highest BCUT2D eigenvalue weighted by Crippen LogP contribution is 2.34. The third kappa shape index (κ3) is 2.43. The summed E-state index contributed by atoms with van der Waals surface area (Å²) in [5, 5.41) is 8.87. The van der Waals surface area contributed by atoms with Gasteiger partial charge < -0.3 is 5.11 Å². The van der Waals surface area contributed by atoms with Gasteiger partial charge in [-0.05, 0) is 39.2 Å². The van der Waals surface area contributed by atoms with Crippen LogP contribution in [-0.2, 0) is 10.0 Å². The molecular formula is C11H15NO4S2. The monoisotopic (exact) mass is 289 g/mol. The van der Waals surface area contributed by atoms with Gasteiger partial charge in [0.05, 0.1) is 4.90 Å². The van der Waals surface area contributed by atoms with E-state index < -0.39 is 16.0 Å². The smallest absolute Gasteiger partial charge is 0.345 e. The number of hydrogen-bond donors (Lipinski definition) is 2. The van der Waals surface area contributed by atoms with Gasteiger partial charge in [0.2, 0.25) is 10.0 Å². The summed E-state index contributed by atoms with van der Waals surface area (Å²) in [7, 11) is -3.63. The van der Waals surface area contributed by atoms with Crippen molar-refractivity contribution >= 4 is 27.3 Å². The SMILES string of the molecule is Cc1sc(C(=O)O)cc1S(=O)(=O)NC1(C)CCC1. The Bertz CT molecular complexity index is 584. The average Bonchev–Trinajstić information content (AvgIpc) is 2.58. The van der Waals surface area contributed by atoms with Crippen LogP contribution >= 0.6 is 11.3 Å². The van der Waals surface area contributed by atoms with E-state index in [9.17, 15) is 13.2 Å². The van der Waals surface area contributed by atoms with Crippen LogP contribution in [0.4, 0.5) is 0 Å². The molecule has 0 unspecified atom stereocenters. The zero-order chi connectivity index (χ0) is 13.6. The van der Waals surface area contributed by atoms with Crippen LogP contribution in [0.15, 0.2) is 11.0 Å². The van der Waals surface area contributed by atoms with Crippen molar-refractivity contribution in [2.45, 2.75) is 43.5 Å². The fourth-order valence-corrected chi connectivity index (χ4v) is 4.92. The molecule has 1 aromatic rings. The predicted molar refractivity (Wildman–Crippen MR) is 68.6 cm³/mol. The minimum absolute atomic E-state index is 0.0478. The van der Waals surface area contributed by atoms with Crippen LogP contribution in [0.25, 0.3) is 0 Å².